The molecule has 4 nitrogen and oxygen atoms in total. The summed E-state index contributed by atoms with van der Waals surface area (Å²) < 4.78 is 0. The van der Waals surface area contributed by atoms with Crippen LogP contribution in [0.15, 0.2) is 11.6 Å². The molecule has 0 bridgehead atoms. The number of carboxylic acid groups (broad SMARTS) is 2. The molecular formula is C10H18O4. The quantitative estimate of drug-likeness (QED) is 0.687. The maximum atomic E-state index is 9.81. The third-order valence-electron chi connectivity index (χ3n) is 0.995. The summed E-state index contributed by atoms with van der Waals surface area (Å²) in [7, 11) is 0. The Kier molecular flexibility index (Phi) is 8.98. The highest BCUT2D eigenvalue weighted by Gasteiger charge is 1.98. The molecule has 2 N–H and O–H groups in total. The van der Waals surface area contributed by atoms with Crippen molar-refractivity contribution < 1.29 is 19.8 Å². The van der Waals surface area contributed by atoms with Gasteiger partial charge >= 0.3 is 11.9 Å². The van der Waals surface area contributed by atoms with Gasteiger partial charge in [-0.3, -0.25) is 4.79 Å². The maximum Gasteiger partial charge on any atom is 0.328 e. The van der Waals surface area contributed by atoms with Gasteiger partial charge in [-0.2, -0.15) is 0 Å². The van der Waals surface area contributed by atoms with Crippen LogP contribution in [0.3, 0.4) is 0 Å². The SMILES string of the molecule is CC(C)=CC(=O)O.CC(C)CC(=O)O. The minimum atomic E-state index is -0.875. The van der Waals surface area contributed by atoms with E-state index in [0.29, 0.717) is 0 Å². The Morgan fingerprint density at radius 3 is 1.64 bits per heavy atom. The molecule has 0 radical (unpaired) electrons. The Morgan fingerprint density at radius 2 is 1.64 bits per heavy atom. The predicted molar refractivity (Wildman–Crippen MR) is 54.2 cm³/mol. The number of allylic oxidation sites excluding steroid dienone is 1. The van der Waals surface area contributed by atoms with Gasteiger partial charge in [-0.15, -0.1) is 0 Å². The van der Waals surface area contributed by atoms with Crippen molar-refractivity contribution in [3.63, 3.8) is 0 Å². The molecule has 0 amide bonds. The molecule has 0 unspecified atom stereocenters. The number of carbonyl (C=O) groups is 2. The molecule has 0 atom stereocenters. The summed E-state index contributed by atoms with van der Waals surface area (Å²) >= 11 is 0. The van der Waals surface area contributed by atoms with Crippen molar-refractivity contribution in [1.82, 2.24) is 0 Å². The summed E-state index contributed by atoms with van der Waals surface area (Å²) in [5.74, 6) is -1.31. The van der Waals surface area contributed by atoms with E-state index < -0.39 is 11.9 Å². The van der Waals surface area contributed by atoms with E-state index in [9.17, 15) is 9.59 Å². The fourth-order valence-corrected chi connectivity index (χ4v) is 0.596. The van der Waals surface area contributed by atoms with E-state index in [0.717, 1.165) is 5.57 Å². The van der Waals surface area contributed by atoms with Crippen LogP contribution in [0.4, 0.5) is 0 Å². The molecule has 0 saturated heterocycles. The van der Waals surface area contributed by atoms with E-state index in [-0.39, 0.29) is 12.3 Å². The Labute approximate surface area is 84.3 Å². The van der Waals surface area contributed by atoms with Crippen molar-refractivity contribution in [1.29, 1.82) is 0 Å². The highest BCUT2D eigenvalue weighted by molar-refractivity contribution is 5.80. The van der Waals surface area contributed by atoms with Gasteiger partial charge in [-0.25, -0.2) is 4.79 Å². The Balaban J connectivity index is 0. The summed E-state index contributed by atoms with van der Waals surface area (Å²) in [5, 5.41) is 16.1. The van der Waals surface area contributed by atoms with Crippen LogP contribution >= 0.6 is 0 Å². The normalized spacial score (nSPS) is 8.64. The lowest BCUT2D eigenvalue weighted by Gasteiger charge is -1.94. The van der Waals surface area contributed by atoms with E-state index in [1.165, 1.54) is 6.08 Å². The first-order valence-electron chi connectivity index (χ1n) is 4.35. The molecule has 0 fully saturated rings. The molecule has 0 aliphatic heterocycles. The molecule has 0 aromatic heterocycles. The summed E-state index contributed by atoms with van der Waals surface area (Å²) in [4.78, 5) is 19.5. The van der Waals surface area contributed by atoms with Crippen molar-refractivity contribution >= 4 is 11.9 Å². The van der Waals surface area contributed by atoms with Gasteiger partial charge in [0.25, 0.3) is 0 Å². The molecule has 0 saturated carbocycles. The van der Waals surface area contributed by atoms with Crippen molar-refractivity contribution in [3.05, 3.63) is 11.6 Å². The minimum absolute atomic E-state index is 0.275. The molecule has 14 heavy (non-hydrogen) atoms. The second-order valence-electron chi connectivity index (χ2n) is 3.55. The zero-order valence-electron chi connectivity index (χ0n) is 9.07. The van der Waals surface area contributed by atoms with E-state index in [1.807, 2.05) is 13.8 Å². The molecule has 82 valence electrons. The standard InChI is InChI=1S/C5H10O2.C5H8O2/c2*1-4(2)3-5(6)7/h4H,3H2,1-2H3,(H,6,7);3H,1-2H3,(H,6,7). The first-order valence-corrected chi connectivity index (χ1v) is 4.35. The molecular weight excluding hydrogens is 184 g/mol. The largest absolute Gasteiger partial charge is 0.481 e. The topological polar surface area (TPSA) is 74.6 Å². The summed E-state index contributed by atoms with van der Waals surface area (Å²) in [5.41, 5.74) is 0.813. The summed E-state index contributed by atoms with van der Waals surface area (Å²) in [6.07, 6.45) is 1.44. The smallest absolute Gasteiger partial charge is 0.328 e. The summed E-state index contributed by atoms with van der Waals surface area (Å²) in [6.45, 7) is 7.25. The van der Waals surface area contributed by atoms with Crippen molar-refractivity contribution in [2.45, 2.75) is 34.1 Å². The van der Waals surface area contributed by atoms with E-state index in [2.05, 4.69) is 0 Å². The van der Waals surface area contributed by atoms with Crippen LogP contribution in [-0.4, -0.2) is 22.2 Å². The minimum Gasteiger partial charge on any atom is -0.481 e. The molecule has 0 aromatic carbocycles. The molecule has 0 rings (SSSR count). The Morgan fingerprint density at radius 1 is 1.21 bits per heavy atom. The van der Waals surface area contributed by atoms with Crippen LogP contribution in [0.2, 0.25) is 0 Å². The first kappa shape index (κ1) is 15.2. The third kappa shape index (κ3) is 22.4. The Hall–Kier alpha value is -1.32. The van der Waals surface area contributed by atoms with Gasteiger partial charge in [0.2, 0.25) is 0 Å². The average molecular weight is 202 g/mol. The molecule has 0 aromatic rings. The van der Waals surface area contributed by atoms with E-state index in [4.69, 9.17) is 10.2 Å². The number of aliphatic carboxylic acids is 2. The van der Waals surface area contributed by atoms with Gasteiger partial charge < -0.3 is 10.2 Å². The second kappa shape index (κ2) is 8.29. The van der Waals surface area contributed by atoms with E-state index >= 15 is 0 Å². The number of hydrogen-bond acceptors (Lipinski definition) is 2. The van der Waals surface area contributed by atoms with Crippen molar-refractivity contribution in [3.8, 4) is 0 Å². The molecule has 0 spiro atoms. The lowest BCUT2D eigenvalue weighted by molar-refractivity contribution is -0.137. The van der Waals surface area contributed by atoms with Crippen LogP contribution < -0.4 is 0 Å². The lowest BCUT2D eigenvalue weighted by atomic mass is 10.1. The lowest BCUT2D eigenvalue weighted by Crippen LogP contribution is -1.99. The number of hydrogen-bond donors (Lipinski definition) is 2. The monoisotopic (exact) mass is 202 g/mol. The van der Waals surface area contributed by atoms with Gasteiger partial charge in [0.05, 0.1) is 0 Å². The predicted octanol–water partition coefficient (Wildman–Crippen LogP) is 2.15. The van der Waals surface area contributed by atoms with Gasteiger partial charge in [0.15, 0.2) is 0 Å². The zero-order valence-corrected chi connectivity index (χ0v) is 9.07. The van der Waals surface area contributed by atoms with Gasteiger partial charge in [-0.1, -0.05) is 19.4 Å². The van der Waals surface area contributed by atoms with Crippen LogP contribution in [0, 0.1) is 5.92 Å². The molecule has 0 aliphatic carbocycles. The van der Waals surface area contributed by atoms with Crippen molar-refractivity contribution in [2.75, 3.05) is 0 Å². The summed E-state index contributed by atoms with van der Waals surface area (Å²) in [6, 6.07) is 0. The first-order chi connectivity index (χ1) is 6.25. The molecule has 0 aliphatic rings. The van der Waals surface area contributed by atoms with Crippen LogP contribution in [0.1, 0.15) is 34.1 Å². The number of carboxylic acids is 2. The highest BCUT2D eigenvalue weighted by atomic mass is 16.4. The zero-order chi connectivity index (χ0) is 11.7. The Bertz CT molecular complexity index is 212. The second-order valence-corrected chi connectivity index (χ2v) is 3.55. The van der Waals surface area contributed by atoms with Gasteiger partial charge in [0.1, 0.15) is 0 Å². The highest BCUT2D eigenvalue weighted by Crippen LogP contribution is 1.96. The molecule has 0 heterocycles. The van der Waals surface area contributed by atoms with Crippen LogP contribution in [0.25, 0.3) is 0 Å². The molecule has 4 heteroatoms. The average Bonchev–Trinajstić information content (AvgIpc) is 1.79. The van der Waals surface area contributed by atoms with Crippen LogP contribution in [0.5, 0.6) is 0 Å². The van der Waals surface area contributed by atoms with Gasteiger partial charge in [-0.05, 0) is 19.8 Å². The third-order valence-corrected chi connectivity index (χ3v) is 0.995. The fourth-order valence-electron chi connectivity index (χ4n) is 0.596. The van der Waals surface area contributed by atoms with E-state index in [1.54, 1.807) is 13.8 Å². The maximum absolute atomic E-state index is 9.81. The fraction of sp³-hybridized carbons (Fsp3) is 0.600. The van der Waals surface area contributed by atoms with Crippen LogP contribution in [-0.2, 0) is 9.59 Å². The van der Waals surface area contributed by atoms with Gasteiger partial charge in [0, 0.05) is 12.5 Å². The van der Waals surface area contributed by atoms with Crippen molar-refractivity contribution in [2.24, 2.45) is 5.92 Å². The number of rotatable bonds is 3.